The fourth-order valence-corrected chi connectivity index (χ4v) is 5.93. The van der Waals surface area contributed by atoms with Gasteiger partial charge in [-0.05, 0) is 54.9 Å². The molecule has 1 aliphatic heterocycles. The first-order valence-corrected chi connectivity index (χ1v) is 11.5. The topological polar surface area (TPSA) is 125 Å². The number of aromatic hydroxyl groups is 1. The van der Waals surface area contributed by atoms with Crippen LogP contribution in [0.3, 0.4) is 0 Å². The van der Waals surface area contributed by atoms with Gasteiger partial charge in [0.05, 0.1) is 5.69 Å². The summed E-state index contributed by atoms with van der Waals surface area (Å²) in [5, 5.41) is 20.8. The van der Waals surface area contributed by atoms with E-state index in [-0.39, 0.29) is 0 Å². The third-order valence-electron chi connectivity index (χ3n) is 7.54. The Morgan fingerprint density at radius 3 is 2.55 bits per heavy atom. The van der Waals surface area contributed by atoms with Crippen molar-refractivity contribution in [2.45, 2.75) is 38.8 Å². The van der Waals surface area contributed by atoms with Gasteiger partial charge in [0.2, 0.25) is 0 Å². The second-order valence-corrected chi connectivity index (χ2v) is 9.60. The van der Waals surface area contributed by atoms with Gasteiger partial charge in [-0.15, -0.1) is 0 Å². The van der Waals surface area contributed by atoms with Crippen molar-refractivity contribution in [3.05, 3.63) is 51.4 Å². The normalized spacial score (nSPS) is 22.8. The van der Waals surface area contributed by atoms with Gasteiger partial charge in [-0.3, -0.25) is 9.69 Å². The predicted molar refractivity (Wildman–Crippen MR) is 126 cm³/mol. The molecule has 174 valence electrons. The number of fused-ring (bicyclic) bond motifs is 2. The Hall–Kier alpha value is -3.10. The molecule has 2 aliphatic rings. The zero-order valence-corrected chi connectivity index (χ0v) is 19.0. The highest BCUT2D eigenvalue weighted by atomic mass is 16.4. The van der Waals surface area contributed by atoms with Crippen molar-refractivity contribution < 1.29 is 15.0 Å². The Morgan fingerprint density at radius 2 is 1.91 bits per heavy atom. The molecule has 0 amide bonds. The molecule has 0 radical (unpaired) electrons. The van der Waals surface area contributed by atoms with Gasteiger partial charge in [0, 0.05) is 54.9 Å². The molecule has 1 aliphatic carbocycles. The number of pyridine rings is 1. The number of likely N-dealkylation sites (tertiary alicyclic amines) is 1. The minimum Gasteiger partial charge on any atom is -0.506 e. The van der Waals surface area contributed by atoms with E-state index in [0.717, 1.165) is 48.9 Å². The Balaban J connectivity index is 1.48. The van der Waals surface area contributed by atoms with Crippen LogP contribution in [0.1, 0.15) is 41.4 Å². The molecule has 1 aromatic carbocycles. The highest BCUT2D eigenvalue weighted by Crippen LogP contribution is 2.38. The van der Waals surface area contributed by atoms with Crippen LogP contribution in [0.4, 0.5) is 0 Å². The number of nitrogens with two attached hydrogens (primary N) is 1. The molecule has 2 fully saturated rings. The zero-order valence-electron chi connectivity index (χ0n) is 19.0. The number of hydrogen-bond donors (Lipinski definition) is 4. The third-order valence-corrected chi connectivity index (χ3v) is 7.54. The van der Waals surface area contributed by atoms with Crippen molar-refractivity contribution in [1.82, 2.24) is 14.5 Å². The van der Waals surface area contributed by atoms with E-state index in [4.69, 9.17) is 5.73 Å². The summed E-state index contributed by atoms with van der Waals surface area (Å²) < 4.78 is 2.20. The second kappa shape index (κ2) is 8.04. The number of aromatic carboxylic acids is 1. The lowest BCUT2D eigenvalue weighted by atomic mass is 9.99. The van der Waals surface area contributed by atoms with Crippen LogP contribution in [0.15, 0.2) is 29.1 Å². The number of nitrogens with one attached hydrogen (secondary N) is 1. The Morgan fingerprint density at radius 1 is 1.21 bits per heavy atom. The summed E-state index contributed by atoms with van der Waals surface area (Å²) in [7, 11) is 2.07. The molecule has 1 saturated heterocycles. The predicted octanol–water partition coefficient (Wildman–Crippen LogP) is 2.67. The molecule has 0 unspecified atom stereocenters. The van der Waals surface area contributed by atoms with Gasteiger partial charge in [0.15, 0.2) is 5.56 Å². The zero-order chi connectivity index (χ0) is 23.4. The Bertz CT molecular complexity index is 1290. The van der Waals surface area contributed by atoms with Crippen molar-refractivity contribution in [3.63, 3.8) is 0 Å². The average Bonchev–Trinajstić information content (AvgIpc) is 3.38. The van der Waals surface area contributed by atoms with Crippen LogP contribution in [0, 0.1) is 11.8 Å². The van der Waals surface area contributed by atoms with Gasteiger partial charge in [0.1, 0.15) is 5.75 Å². The number of carboxylic acid groups (broad SMARTS) is 1. The fraction of sp³-hybridized carbons (Fsp3) is 0.440. The van der Waals surface area contributed by atoms with Gasteiger partial charge < -0.3 is 25.5 Å². The summed E-state index contributed by atoms with van der Waals surface area (Å²) in [6.45, 7) is 4.90. The summed E-state index contributed by atoms with van der Waals surface area (Å²) in [6.07, 6.45) is 2.65. The van der Waals surface area contributed by atoms with Crippen LogP contribution in [0.25, 0.3) is 22.2 Å². The van der Waals surface area contributed by atoms with Gasteiger partial charge in [-0.2, -0.15) is 0 Å². The lowest BCUT2D eigenvalue weighted by Crippen LogP contribution is -2.25. The molecule has 3 heterocycles. The van der Waals surface area contributed by atoms with E-state index in [1.165, 1.54) is 5.69 Å². The summed E-state index contributed by atoms with van der Waals surface area (Å²) in [6, 6.07) is 8.43. The second-order valence-electron chi connectivity index (χ2n) is 9.60. The van der Waals surface area contributed by atoms with Crippen LogP contribution in [0.5, 0.6) is 5.75 Å². The van der Waals surface area contributed by atoms with E-state index in [1.54, 1.807) is 0 Å². The monoisotopic (exact) mass is 450 g/mol. The molecular weight excluding hydrogens is 420 g/mol. The third kappa shape index (κ3) is 3.63. The van der Waals surface area contributed by atoms with Crippen molar-refractivity contribution in [3.8, 4) is 17.0 Å². The van der Waals surface area contributed by atoms with Crippen LogP contribution >= 0.6 is 0 Å². The summed E-state index contributed by atoms with van der Waals surface area (Å²) in [4.78, 5) is 29.0. The van der Waals surface area contributed by atoms with Crippen molar-refractivity contribution in [1.29, 1.82) is 0 Å². The molecule has 3 aromatic rings. The number of carboxylic acids is 1. The smallest absolute Gasteiger partial charge is 0.345 e. The number of carbonyl (C=O) groups is 1. The number of aryl methyl sites for hydroxylation is 1. The maximum absolute atomic E-state index is 12.3. The van der Waals surface area contributed by atoms with E-state index in [2.05, 4.69) is 27.6 Å². The van der Waals surface area contributed by atoms with E-state index < -0.39 is 22.8 Å². The van der Waals surface area contributed by atoms with Crippen molar-refractivity contribution in [2.75, 3.05) is 13.1 Å². The Kier molecular flexibility index (Phi) is 5.29. The molecule has 5 N–H and O–H groups in total. The molecule has 5 rings (SSSR count). The minimum atomic E-state index is -1.44. The first-order chi connectivity index (χ1) is 15.8. The number of rotatable bonds is 5. The standard InChI is InChI=1S/C25H30N4O4/c1-3-19-22(27-24(31)21(23(19)30)25(32)33)13-4-5-20-14(6-13)9-18(28(20)2)12-29-10-15-7-17(26)8-16(15)11-29/h4-6,9,15-17H,3,7-8,10-12,26H2,1-2H3,(H,32,33)(H2,27,30,31)/t15-,16+,17-. The summed E-state index contributed by atoms with van der Waals surface area (Å²) >= 11 is 0. The number of aromatic amines is 1. The first kappa shape index (κ1) is 21.7. The fourth-order valence-electron chi connectivity index (χ4n) is 5.93. The molecule has 8 nitrogen and oxygen atoms in total. The maximum Gasteiger partial charge on any atom is 0.345 e. The highest BCUT2D eigenvalue weighted by Gasteiger charge is 2.39. The molecule has 2 aromatic heterocycles. The number of hydrogen-bond acceptors (Lipinski definition) is 5. The lowest BCUT2D eigenvalue weighted by Gasteiger charge is -2.18. The van der Waals surface area contributed by atoms with Crippen LogP contribution in [-0.4, -0.2) is 49.8 Å². The number of aromatic nitrogens is 2. The molecule has 0 bridgehead atoms. The molecular formula is C25H30N4O4. The van der Waals surface area contributed by atoms with E-state index in [1.807, 2.05) is 25.1 Å². The van der Waals surface area contributed by atoms with E-state index >= 15 is 0 Å². The number of nitrogens with zero attached hydrogens (tertiary/aromatic N) is 2. The lowest BCUT2D eigenvalue weighted by molar-refractivity contribution is 0.0691. The molecule has 33 heavy (non-hydrogen) atoms. The van der Waals surface area contributed by atoms with Crippen molar-refractivity contribution in [2.24, 2.45) is 24.6 Å². The molecule has 3 atom stereocenters. The quantitative estimate of drug-likeness (QED) is 0.474. The first-order valence-electron chi connectivity index (χ1n) is 11.5. The van der Waals surface area contributed by atoms with Gasteiger partial charge in [-0.1, -0.05) is 13.0 Å². The van der Waals surface area contributed by atoms with E-state index in [0.29, 0.717) is 35.6 Å². The van der Waals surface area contributed by atoms with Gasteiger partial charge in [-0.25, -0.2) is 4.79 Å². The molecule has 1 saturated carbocycles. The Labute approximate surface area is 191 Å². The largest absolute Gasteiger partial charge is 0.506 e. The van der Waals surface area contributed by atoms with Crippen LogP contribution in [-0.2, 0) is 20.0 Å². The van der Waals surface area contributed by atoms with Gasteiger partial charge >= 0.3 is 5.97 Å². The average molecular weight is 451 g/mol. The van der Waals surface area contributed by atoms with Crippen LogP contribution in [0.2, 0.25) is 0 Å². The summed E-state index contributed by atoms with van der Waals surface area (Å²) in [5.74, 6) is -0.470. The van der Waals surface area contributed by atoms with Crippen LogP contribution < -0.4 is 11.3 Å². The van der Waals surface area contributed by atoms with Crippen molar-refractivity contribution >= 4 is 16.9 Å². The van der Waals surface area contributed by atoms with Gasteiger partial charge in [0.25, 0.3) is 5.56 Å². The van der Waals surface area contributed by atoms with E-state index in [9.17, 15) is 19.8 Å². The molecule has 0 spiro atoms. The summed E-state index contributed by atoms with van der Waals surface area (Å²) in [5.41, 5.74) is 8.64. The molecule has 8 heteroatoms. The number of benzene rings is 1. The highest BCUT2D eigenvalue weighted by molar-refractivity contribution is 5.92. The maximum atomic E-state index is 12.3. The SMILES string of the molecule is CCc1c(-c2ccc3c(c2)cc(CN2C[C@H]4C[C@@H](N)C[C@H]4C2)n3C)[nH]c(=O)c(C(=O)O)c1O. The minimum absolute atomic E-state index is 0.363. The number of H-pyrrole nitrogens is 1.